The lowest BCUT2D eigenvalue weighted by atomic mass is 9.58. The molecular weight excluding hydrogens is 260 g/mol. The van der Waals surface area contributed by atoms with E-state index in [0.717, 1.165) is 11.3 Å². The molecule has 4 heteroatoms. The number of rotatable bonds is 3. The van der Waals surface area contributed by atoms with Gasteiger partial charge in [0.1, 0.15) is 11.9 Å². The molecule has 2 saturated carbocycles. The summed E-state index contributed by atoms with van der Waals surface area (Å²) in [6.45, 7) is 1.93. The van der Waals surface area contributed by atoms with Crippen molar-refractivity contribution in [2.75, 3.05) is 0 Å². The van der Waals surface area contributed by atoms with Crippen LogP contribution >= 0.6 is 11.3 Å². The highest BCUT2D eigenvalue weighted by atomic mass is 32.1. The van der Waals surface area contributed by atoms with Gasteiger partial charge in [-0.05, 0) is 38.7 Å². The molecule has 2 aliphatic carbocycles. The Morgan fingerprint density at radius 3 is 2.68 bits per heavy atom. The number of carboxylic acid groups (broad SMARTS) is 1. The fourth-order valence-electron chi connectivity index (χ4n) is 3.56. The summed E-state index contributed by atoms with van der Waals surface area (Å²) in [5.74, 6) is -0.283. The van der Waals surface area contributed by atoms with E-state index in [1.165, 1.54) is 49.9 Å². The van der Waals surface area contributed by atoms with Crippen molar-refractivity contribution >= 4 is 17.3 Å². The Kier molecular flexibility index (Phi) is 3.29. The summed E-state index contributed by atoms with van der Waals surface area (Å²) in [6, 6.07) is 1.88. The van der Waals surface area contributed by atoms with E-state index in [4.69, 9.17) is 4.74 Å². The first-order chi connectivity index (χ1) is 9.11. The van der Waals surface area contributed by atoms with E-state index in [1.807, 2.05) is 13.0 Å². The van der Waals surface area contributed by atoms with E-state index in [2.05, 4.69) is 0 Å². The molecule has 1 aromatic heterocycles. The highest BCUT2D eigenvalue weighted by molar-refractivity contribution is 7.14. The van der Waals surface area contributed by atoms with Gasteiger partial charge in [-0.2, -0.15) is 0 Å². The fraction of sp³-hybridized carbons (Fsp3) is 0.667. The lowest BCUT2D eigenvalue weighted by Crippen LogP contribution is -2.49. The average Bonchev–Trinajstić information content (AvgIpc) is 2.77. The summed E-state index contributed by atoms with van der Waals surface area (Å²) in [5, 5.41) is 9.21. The first-order valence-corrected chi connectivity index (χ1v) is 7.93. The minimum atomic E-state index is -0.870. The zero-order valence-electron chi connectivity index (χ0n) is 11.3. The standard InChI is InChI=1S/C15H20O3S/c1-10-9-11(13(19-10)14(16)17)18-12-5-8-15(12)6-3-2-4-7-15/h9,12H,2-8H2,1H3,(H,16,17). The SMILES string of the molecule is Cc1cc(OC2CCC23CCCCC3)c(C(=O)O)s1. The topological polar surface area (TPSA) is 46.5 Å². The van der Waals surface area contributed by atoms with E-state index in [-0.39, 0.29) is 6.10 Å². The largest absolute Gasteiger partial charge is 0.488 e. The Morgan fingerprint density at radius 1 is 1.37 bits per heavy atom. The summed E-state index contributed by atoms with van der Waals surface area (Å²) in [7, 11) is 0. The molecule has 2 fully saturated rings. The van der Waals surface area contributed by atoms with E-state index in [0.29, 0.717) is 16.0 Å². The number of aromatic carboxylic acids is 1. The molecule has 1 spiro atoms. The third-order valence-corrected chi connectivity index (χ3v) is 5.74. The van der Waals surface area contributed by atoms with Crippen molar-refractivity contribution in [1.29, 1.82) is 0 Å². The summed E-state index contributed by atoms with van der Waals surface area (Å²) in [5.41, 5.74) is 0.351. The van der Waals surface area contributed by atoms with Gasteiger partial charge in [0.25, 0.3) is 0 Å². The van der Waals surface area contributed by atoms with Crippen molar-refractivity contribution in [1.82, 2.24) is 0 Å². The second kappa shape index (κ2) is 4.82. The second-order valence-electron chi connectivity index (χ2n) is 5.92. The van der Waals surface area contributed by atoms with Crippen LogP contribution in [0, 0.1) is 12.3 Å². The summed E-state index contributed by atoms with van der Waals surface area (Å²) < 4.78 is 6.09. The van der Waals surface area contributed by atoms with E-state index >= 15 is 0 Å². The van der Waals surface area contributed by atoms with Gasteiger partial charge >= 0.3 is 5.97 Å². The van der Waals surface area contributed by atoms with Crippen molar-refractivity contribution in [3.63, 3.8) is 0 Å². The predicted molar refractivity (Wildman–Crippen MR) is 75.2 cm³/mol. The molecule has 0 radical (unpaired) electrons. The molecule has 0 bridgehead atoms. The van der Waals surface area contributed by atoms with Crippen LogP contribution in [0.15, 0.2) is 6.07 Å². The van der Waals surface area contributed by atoms with E-state index in [9.17, 15) is 9.90 Å². The molecule has 104 valence electrons. The third kappa shape index (κ3) is 2.27. The van der Waals surface area contributed by atoms with Crippen molar-refractivity contribution in [2.45, 2.75) is 58.0 Å². The molecule has 3 rings (SSSR count). The fourth-order valence-corrected chi connectivity index (χ4v) is 4.35. The third-order valence-electron chi connectivity index (χ3n) is 4.72. The first kappa shape index (κ1) is 13.0. The molecule has 0 amide bonds. The maximum Gasteiger partial charge on any atom is 0.349 e. The number of aryl methyl sites for hydroxylation is 1. The van der Waals surface area contributed by atoms with Crippen LogP contribution in [0.25, 0.3) is 0 Å². The Hall–Kier alpha value is -1.03. The molecule has 1 heterocycles. The Balaban J connectivity index is 1.76. The van der Waals surface area contributed by atoms with Crippen molar-refractivity contribution < 1.29 is 14.6 Å². The van der Waals surface area contributed by atoms with Gasteiger partial charge < -0.3 is 9.84 Å². The minimum Gasteiger partial charge on any atom is -0.488 e. The maximum atomic E-state index is 11.2. The van der Waals surface area contributed by atoms with E-state index < -0.39 is 5.97 Å². The molecule has 0 saturated heterocycles. The molecule has 0 aliphatic heterocycles. The average molecular weight is 280 g/mol. The molecule has 1 N–H and O–H groups in total. The normalized spacial score (nSPS) is 25.0. The zero-order valence-corrected chi connectivity index (χ0v) is 12.1. The van der Waals surface area contributed by atoms with E-state index in [1.54, 1.807) is 0 Å². The van der Waals surface area contributed by atoms with Crippen LogP contribution < -0.4 is 4.74 Å². The lowest BCUT2D eigenvalue weighted by Gasteiger charge is -2.51. The smallest absolute Gasteiger partial charge is 0.349 e. The highest BCUT2D eigenvalue weighted by Crippen LogP contribution is 2.53. The molecule has 2 aliphatic rings. The number of carbonyl (C=O) groups is 1. The summed E-state index contributed by atoms with van der Waals surface area (Å²) in [4.78, 5) is 12.6. The van der Waals surface area contributed by atoms with Gasteiger partial charge in [-0.3, -0.25) is 0 Å². The number of carboxylic acids is 1. The van der Waals surface area contributed by atoms with Crippen molar-refractivity contribution in [2.24, 2.45) is 5.41 Å². The van der Waals surface area contributed by atoms with Gasteiger partial charge in [0.2, 0.25) is 0 Å². The Morgan fingerprint density at radius 2 is 2.11 bits per heavy atom. The highest BCUT2D eigenvalue weighted by Gasteiger charge is 2.48. The Labute approximate surface area is 117 Å². The monoisotopic (exact) mass is 280 g/mol. The number of ether oxygens (including phenoxy) is 1. The van der Waals surface area contributed by atoms with Crippen LogP contribution in [0.4, 0.5) is 0 Å². The number of thiophene rings is 1. The molecule has 3 nitrogen and oxygen atoms in total. The Bertz CT molecular complexity index is 486. The van der Waals surface area contributed by atoms with Gasteiger partial charge in [0.05, 0.1) is 0 Å². The van der Waals surface area contributed by atoms with Crippen LogP contribution in [0.3, 0.4) is 0 Å². The quantitative estimate of drug-likeness (QED) is 0.900. The molecule has 1 aromatic rings. The van der Waals surface area contributed by atoms with Crippen LogP contribution in [0.5, 0.6) is 5.75 Å². The predicted octanol–water partition coefficient (Wildman–Crippen LogP) is 4.25. The zero-order chi connectivity index (χ0) is 13.5. The lowest BCUT2D eigenvalue weighted by molar-refractivity contribution is -0.0704. The van der Waals surface area contributed by atoms with Crippen molar-refractivity contribution in [3.05, 3.63) is 15.8 Å². The van der Waals surface area contributed by atoms with Gasteiger partial charge in [-0.15, -0.1) is 11.3 Å². The minimum absolute atomic E-state index is 0.236. The van der Waals surface area contributed by atoms with Crippen LogP contribution in [0.1, 0.15) is 59.5 Å². The van der Waals surface area contributed by atoms with Gasteiger partial charge in [-0.25, -0.2) is 4.79 Å². The van der Waals surface area contributed by atoms with Crippen LogP contribution in [-0.2, 0) is 0 Å². The summed E-state index contributed by atoms with van der Waals surface area (Å²) >= 11 is 1.31. The number of hydrogen-bond donors (Lipinski definition) is 1. The molecule has 1 unspecified atom stereocenters. The van der Waals surface area contributed by atoms with Gasteiger partial charge in [0.15, 0.2) is 4.88 Å². The molecule has 0 aromatic carbocycles. The van der Waals surface area contributed by atoms with Crippen LogP contribution in [0.2, 0.25) is 0 Å². The molecular formula is C15H20O3S. The van der Waals surface area contributed by atoms with Crippen molar-refractivity contribution in [3.8, 4) is 5.75 Å². The number of hydrogen-bond acceptors (Lipinski definition) is 3. The second-order valence-corrected chi connectivity index (χ2v) is 7.18. The molecule has 19 heavy (non-hydrogen) atoms. The van der Waals surface area contributed by atoms with Gasteiger partial charge in [-0.1, -0.05) is 19.3 Å². The van der Waals surface area contributed by atoms with Gasteiger partial charge in [0, 0.05) is 10.3 Å². The first-order valence-electron chi connectivity index (χ1n) is 7.11. The molecule has 1 atom stereocenters. The van der Waals surface area contributed by atoms with Crippen LogP contribution in [-0.4, -0.2) is 17.2 Å². The summed E-state index contributed by atoms with van der Waals surface area (Å²) in [6.07, 6.45) is 9.01. The maximum absolute atomic E-state index is 11.2.